The minimum atomic E-state index is -5.67. The highest BCUT2D eigenvalue weighted by molar-refractivity contribution is 7.66. The molecule has 9 N–H and O–H groups in total. The van der Waals surface area contributed by atoms with Crippen molar-refractivity contribution in [3.8, 4) is 0 Å². The van der Waals surface area contributed by atoms with E-state index in [4.69, 9.17) is 10.5 Å². The molecule has 252 valence electrons. The number of nitrogens with zero attached hydrogens (tertiary/aromatic N) is 4. The number of hydrogen-bond acceptors (Lipinski definition) is 16. The molecule has 0 saturated carbocycles. The molecule has 0 spiro atoms. The van der Waals surface area contributed by atoms with Gasteiger partial charge in [-0.15, -0.1) is 0 Å². The lowest BCUT2D eigenvalue weighted by atomic mass is 10.1. The van der Waals surface area contributed by atoms with Crippen molar-refractivity contribution in [2.45, 2.75) is 63.6 Å². The van der Waals surface area contributed by atoms with Crippen LogP contribution >= 0.6 is 23.5 Å². The molecule has 0 amide bonds. The van der Waals surface area contributed by atoms with E-state index >= 15 is 0 Å². The van der Waals surface area contributed by atoms with E-state index in [2.05, 4.69) is 50.2 Å². The van der Waals surface area contributed by atoms with Gasteiger partial charge in [-0.05, 0) is 32.4 Å². The van der Waals surface area contributed by atoms with Crippen LogP contribution in [0.5, 0.6) is 0 Å². The van der Waals surface area contributed by atoms with Gasteiger partial charge in [0.1, 0.15) is 30.2 Å². The normalized spacial score (nSPS) is 24.7. The lowest BCUT2D eigenvalue weighted by Crippen LogP contribution is -2.33. The first-order chi connectivity index (χ1) is 20.8. The van der Waals surface area contributed by atoms with Crippen molar-refractivity contribution in [2.24, 2.45) is 0 Å². The first-order valence-corrected chi connectivity index (χ1v) is 18.3. The number of aromatic nitrogens is 4. The fourth-order valence-electron chi connectivity index (χ4n) is 4.13. The van der Waals surface area contributed by atoms with Crippen LogP contribution in [0.15, 0.2) is 12.7 Å². The van der Waals surface area contributed by atoms with E-state index in [0.717, 1.165) is 51.8 Å². The number of phosphoric acid groups is 3. The molecule has 0 radical (unpaired) electrons. The van der Waals surface area contributed by atoms with Crippen LogP contribution in [0.2, 0.25) is 0 Å². The number of nitrogens with one attached hydrogen (secondary N) is 2. The Bertz CT molecular complexity index is 1340. The topological polar surface area (TPSA) is 292 Å². The first kappa shape index (κ1) is 37.0. The number of hydrogen-bond donors (Lipinski definition) is 8. The zero-order valence-corrected chi connectivity index (χ0v) is 26.6. The first-order valence-electron chi connectivity index (χ1n) is 13.8. The molecule has 44 heavy (non-hydrogen) atoms. The zero-order chi connectivity index (χ0) is 32.4. The van der Waals surface area contributed by atoms with Crippen LogP contribution in [0.3, 0.4) is 0 Å². The maximum atomic E-state index is 12.3. The van der Waals surface area contributed by atoms with Gasteiger partial charge in [0, 0.05) is 13.1 Å². The molecular formula is C21H40N7O13P3. The van der Waals surface area contributed by atoms with E-state index in [9.17, 15) is 38.6 Å². The summed E-state index contributed by atoms with van der Waals surface area (Å²) < 4.78 is 60.7. The van der Waals surface area contributed by atoms with E-state index in [-0.39, 0.29) is 23.6 Å². The van der Waals surface area contributed by atoms with Gasteiger partial charge in [0.15, 0.2) is 17.7 Å². The number of imidazole rings is 1. The summed E-state index contributed by atoms with van der Waals surface area (Å²) >= 11 is 0. The maximum Gasteiger partial charge on any atom is 0.490 e. The molecule has 20 nitrogen and oxygen atoms in total. The Morgan fingerprint density at radius 2 is 1.55 bits per heavy atom. The third-order valence-corrected chi connectivity index (χ3v) is 10.5. The Hall–Kier alpha value is -1.44. The lowest BCUT2D eigenvalue weighted by Gasteiger charge is -2.20. The molecule has 3 heterocycles. The number of unbranched alkanes of at least 4 members (excludes halogenated alkanes) is 3. The second-order valence-corrected chi connectivity index (χ2v) is 14.4. The van der Waals surface area contributed by atoms with Crippen LogP contribution in [0, 0.1) is 0 Å². The number of rotatable bonds is 21. The zero-order valence-electron chi connectivity index (χ0n) is 24.0. The summed E-state index contributed by atoms with van der Waals surface area (Å²) in [6, 6.07) is 0. The van der Waals surface area contributed by atoms with Crippen LogP contribution in [0.25, 0.3) is 11.2 Å². The smallest absolute Gasteiger partial charge is 0.387 e. The fourth-order valence-corrected chi connectivity index (χ4v) is 7.68. The number of aliphatic hydroxyl groups is 2. The summed E-state index contributed by atoms with van der Waals surface area (Å²) in [5.41, 5.74) is 6.10. The van der Waals surface area contributed by atoms with Gasteiger partial charge in [0.2, 0.25) is 0 Å². The van der Waals surface area contributed by atoms with E-state index in [0.29, 0.717) is 12.8 Å². The van der Waals surface area contributed by atoms with Crippen molar-refractivity contribution < 1.29 is 61.0 Å². The van der Waals surface area contributed by atoms with Gasteiger partial charge >= 0.3 is 23.5 Å². The molecule has 1 aliphatic heterocycles. The number of fused-ring (bicyclic) bond motifs is 1. The molecule has 2 aromatic rings. The van der Waals surface area contributed by atoms with Crippen LogP contribution in [0.1, 0.15) is 45.3 Å². The highest BCUT2D eigenvalue weighted by Crippen LogP contribution is 2.67. The van der Waals surface area contributed by atoms with E-state index in [1.54, 1.807) is 0 Å². The van der Waals surface area contributed by atoms with Gasteiger partial charge in [0.05, 0.1) is 19.5 Å². The average Bonchev–Trinajstić information content (AvgIpc) is 3.48. The van der Waals surface area contributed by atoms with Gasteiger partial charge < -0.3 is 46.0 Å². The Kier molecular flexibility index (Phi) is 14.2. The molecule has 1 fully saturated rings. The van der Waals surface area contributed by atoms with Crippen molar-refractivity contribution >= 4 is 40.4 Å². The Morgan fingerprint density at radius 3 is 2.25 bits per heavy atom. The monoisotopic (exact) mass is 691 g/mol. The molecule has 7 unspecified atom stereocenters. The number of aliphatic hydroxyl groups excluding tert-OH is 2. The number of nitrogen functional groups attached to an aromatic ring is 1. The highest BCUT2D eigenvalue weighted by Gasteiger charge is 2.47. The quantitative estimate of drug-likeness (QED) is 0.0654. The standard InChI is InChI=1S/C21H40N7O13P3/c1-2-7-23-9-10-24-8-5-3-4-6-11-37-42(31,32)40-44(35,36)41-43(33,34)38-12-15-17(29)18(30)21(39-15)28-14-27-16-19(22)25-13-26-20(16)28/h13-15,17-18,21,23-24,29-30H,2-12H2,1H3,(H,31,32)(H,33,34)(H,35,36)(H2,22,25,26). The van der Waals surface area contributed by atoms with Crippen molar-refractivity contribution in [2.75, 3.05) is 45.1 Å². The Balaban J connectivity index is 1.39. The largest absolute Gasteiger partial charge is 0.490 e. The SMILES string of the molecule is CCCNCCNCCCCCCOP(=O)(O)OP(=O)(O)OP(=O)(O)OCC1OC(n2cnc3c(N)ncnc32)C(O)C1O. The molecule has 1 aliphatic rings. The number of phosphoric ester groups is 2. The maximum absolute atomic E-state index is 12.3. The van der Waals surface area contributed by atoms with Crippen molar-refractivity contribution in [1.29, 1.82) is 0 Å². The molecular weight excluding hydrogens is 651 g/mol. The number of anilines is 1. The van der Waals surface area contributed by atoms with Gasteiger partial charge in [-0.2, -0.15) is 8.62 Å². The molecule has 3 rings (SSSR count). The second kappa shape index (κ2) is 16.9. The second-order valence-electron chi connectivity index (χ2n) is 9.74. The van der Waals surface area contributed by atoms with Crippen molar-refractivity contribution in [1.82, 2.24) is 30.2 Å². The van der Waals surface area contributed by atoms with Gasteiger partial charge in [0.25, 0.3) is 0 Å². The van der Waals surface area contributed by atoms with Gasteiger partial charge in [-0.3, -0.25) is 13.6 Å². The summed E-state index contributed by atoms with van der Waals surface area (Å²) in [6.45, 7) is 4.38. The van der Waals surface area contributed by atoms with Crippen molar-refractivity contribution in [3.63, 3.8) is 0 Å². The number of ether oxygens (including phenoxy) is 1. The van der Waals surface area contributed by atoms with E-state index < -0.39 is 54.6 Å². The summed E-state index contributed by atoms with van der Waals surface area (Å²) in [7, 11) is -16.3. The predicted molar refractivity (Wildman–Crippen MR) is 154 cm³/mol. The average molecular weight is 692 g/mol. The summed E-state index contributed by atoms with van der Waals surface area (Å²) in [6.07, 6.45) is 0.137. The molecule has 0 aromatic carbocycles. The van der Waals surface area contributed by atoms with Crippen molar-refractivity contribution in [3.05, 3.63) is 12.7 Å². The van der Waals surface area contributed by atoms with Gasteiger partial charge in [-0.1, -0.05) is 19.8 Å². The summed E-state index contributed by atoms with van der Waals surface area (Å²) in [5, 5.41) is 27.4. The van der Waals surface area contributed by atoms with Crippen LogP contribution in [-0.2, 0) is 36.1 Å². The third-order valence-electron chi connectivity index (χ3n) is 6.22. The van der Waals surface area contributed by atoms with Gasteiger partial charge in [-0.25, -0.2) is 28.6 Å². The third kappa shape index (κ3) is 11.4. The fraction of sp³-hybridized carbons (Fsp3) is 0.762. The van der Waals surface area contributed by atoms with Crippen LogP contribution in [-0.4, -0.2) is 102 Å². The molecule has 0 bridgehead atoms. The van der Waals surface area contributed by atoms with Crippen LogP contribution in [0.4, 0.5) is 5.82 Å². The molecule has 23 heteroatoms. The summed E-state index contributed by atoms with van der Waals surface area (Å²) in [4.78, 5) is 41.3. The molecule has 1 saturated heterocycles. The highest BCUT2D eigenvalue weighted by atomic mass is 31.3. The predicted octanol–water partition coefficient (Wildman–Crippen LogP) is 0.545. The Morgan fingerprint density at radius 1 is 0.886 bits per heavy atom. The van der Waals surface area contributed by atoms with E-state index in [1.807, 2.05) is 0 Å². The lowest BCUT2D eigenvalue weighted by molar-refractivity contribution is -0.0503. The summed E-state index contributed by atoms with van der Waals surface area (Å²) in [5.74, 6) is 0.0543. The van der Waals surface area contributed by atoms with E-state index in [1.165, 1.54) is 10.9 Å². The molecule has 7 atom stereocenters. The number of nitrogens with two attached hydrogens (primary N) is 1. The minimum absolute atomic E-state index is 0.0543. The Labute approximate surface area is 253 Å². The molecule has 2 aromatic heterocycles. The molecule has 0 aliphatic carbocycles. The van der Waals surface area contributed by atoms with Crippen LogP contribution < -0.4 is 16.4 Å². The minimum Gasteiger partial charge on any atom is -0.387 e.